The van der Waals surface area contributed by atoms with Gasteiger partial charge in [-0.2, -0.15) is 0 Å². The quantitative estimate of drug-likeness (QED) is 0.805. The number of carbonyl (C=O) groups excluding carboxylic acids is 1. The van der Waals surface area contributed by atoms with Crippen LogP contribution in [0.1, 0.15) is 5.56 Å². The van der Waals surface area contributed by atoms with Crippen LogP contribution in [0.2, 0.25) is 5.02 Å². The van der Waals surface area contributed by atoms with Crippen molar-refractivity contribution in [1.82, 2.24) is 15.2 Å². The van der Waals surface area contributed by atoms with Crippen LogP contribution in [0.25, 0.3) is 0 Å². The Morgan fingerprint density at radius 1 is 1.60 bits per heavy atom. The lowest BCUT2D eigenvalue weighted by atomic mass is 10.2. The molecule has 1 fully saturated rings. The largest absolute Gasteiger partial charge is 0.336 e. The predicted molar refractivity (Wildman–Crippen MR) is 57.5 cm³/mol. The highest BCUT2D eigenvalue weighted by atomic mass is 35.5. The average molecular weight is 226 g/mol. The van der Waals surface area contributed by atoms with E-state index in [1.54, 1.807) is 17.3 Å². The van der Waals surface area contributed by atoms with Gasteiger partial charge in [-0.3, -0.25) is 9.78 Å². The van der Waals surface area contributed by atoms with Gasteiger partial charge < -0.3 is 10.2 Å². The van der Waals surface area contributed by atoms with Gasteiger partial charge in [0.15, 0.2) is 0 Å². The van der Waals surface area contributed by atoms with Gasteiger partial charge in [0.1, 0.15) is 0 Å². The van der Waals surface area contributed by atoms with E-state index < -0.39 is 0 Å². The number of carbonyl (C=O) groups is 1. The van der Waals surface area contributed by atoms with Gasteiger partial charge in [-0.1, -0.05) is 11.6 Å². The van der Waals surface area contributed by atoms with Crippen molar-refractivity contribution >= 4 is 17.5 Å². The van der Waals surface area contributed by atoms with Crippen molar-refractivity contribution in [2.45, 2.75) is 6.54 Å². The topological polar surface area (TPSA) is 45.2 Å². The fourth-order valence-electron chi connectivity index (χ4n) is 1.55. The van der Waals surface area contributed by atoms with Crippen LogP contribution in [-0.4, -0.2) is 35.4 Å². The van der Waals surface area contributed by atoms with Crippen molar-refractivity contribution in [2.75, 3.05) is 19.6 Å². The summed E-state index contributed by atoms with van der Waals surface area (Å²) in [5, 5.41) is 3.64. The zero-order valence-corrected chi connectivity index (χ0v) is 9.00. The predicted octanol–water partition coefficient (Wildman–Crippen LogP) is 0.667. The number of aromatic nitrogens is 1. The van der Waals surface area contributed by atoms with Crippen molar-refractivity contribution < 1.29 is 4.79 Å². The lowest BCUT2D eigenvalue weighted by molar-refractivity contribution is -0.132. The Bertz CT molecular complexity index is 369. The van der Waals surface area contributed by atoms with E-state index in [0.29, 0.717) is 18.1 Å². The number of halogens is 1. The van der Waals surface area contributed by atoms with Crippen LogP contribution in [0.15, 0.2) is 18.5 Å². The van der Waals surface area contributed by atoms with Crippen LogP contribution in [-0.2, 0) is 11.3 Å². The zero-order valence-electron chi connectivity index (χ0n) is 8.24. The standard InChI is InChI=1S/C10H12ClN3O/c11-9-5-12-2-1-8(9)7-14-4-3-13-6-10(14)15/h1-2,5,13H,3-4,6-7H2. The fraction of sp³-hybridized carbons (Fsp3) is 0.400. The van der Waals surface area contributed by atoms with Crippen LogP contribution in [0.4, 0.5) is 0 Å². The Kier molecular flexibility index (Phi) is 3.18. The third kappa shape index (κ3) is 2.46. The molecule has 2 rings (SSSR count). The van der Waals surface area contributed by atoms with Gasteiger partial charge in [-0.15, -0.1) is 0 Å². The maximum absolute atomic E-state index is 11.5. The first kappa shape index (κ1) is 10.4. The van der Waals surface area contributed by atoms with Gasteiger partial charge in [0, 0.05) is 32.0 Å². The zero-order chi connectivity index (χ0) is 10.7. The molecule has 0 saturated carbocycles. The van der Waals surface area contributed by atoms with Gasteiger partial charge in [0.05, 0.1) is 11.6 Å². The molecule has 0 bridgehead atoms. The van der Waals surface area contributed by atoms with Crippen molar-refractivity contribution in [3.05, 3.63) is 29.0 Å². The summed E-state index contributed by atoms with van der Waals surface area (Å²) in [6.45, 7) is 2.57. The summed E-state index contributed by atoms with van der Waals surface area (Å²) in [5.41, 5.74) is 0.946. The van der Waals surface area contributed by atoms with Crippen LogP contribution >= 0.6 is 11.6 Å². The van der Waals surface area contributed by atoms with Gasteiger partial charge in [0.2, 0.25) is 5.91 Å². The number of amides is 1. The van der Waals surface area contributed by atoms with Crippen LogP contribution < -0.4 is 5.32 Å². The molecule has 1 aromatic heterocycles. The van der Waals surface area contributed by atoms with E-state index in [0.717, 1.165) is 18.7 Å². The molecule has 1 aliphatic heterocycles. The van der Waals surface area contributed by atoms with Crippen LogP contribution in [0, 0.1) is 0 Å². The SMILES string of the molecule is O=C1CNCCN1Cc1ccncc1Cl. The molecule has 80 valence electrons. The second kappa shape index (κ2) is 4.59. The molecule has 5 heteroatoms. The van der Waals surface area contributed by atoms with E-state index in [2.05, 4.69) is 10.3 Å². The van der Waals surface area contributed by atoms with E-state index in [1.165, 1.54) is 0 Å². The lowest BCUT2D eigenvalue weighted by Crippen LogP contribution is -2.47. The molecule has 1 aromatic rings. The van der Waals surface area contributed by atoms with E-state index in [1.807, 2.05) is 6.07 Å². The number of hydrogen-bond donors (Lipinski definition) is 1. The number of nitrogens with zero attached hydrogens (tertiary/aromatic N) is 2. The molecule has 0 radical (unpaired) electrons. The molecule has 15 heavy (non-hydrogen) atoms. The van der Waals surface area contributed by atoms with E-state index in [9.17, 15) is 4.79 Å². The molecule has 0 unspecified atom stereocenters. The van der Waals surface area contributed by atoms with Crippen molar-refractivity contribution in [1.29, 1.82) is 0 Å². The summed E-state index contributed by atoms with van der Waals surface area (Å²) in [6.07, 6.45) is 3.29. The van der Waals surface area contributed by atoms with Crippen LogP contribution in [0.3, 0.4) is 0 Å². The maximum atomic E-state index is 11.5. The first-order valence-corrected chi connectivity index (χ1v) is 5.22. The Labute approximate surface area is 93.2 Å². The Morgan fingerprint density at radius 3 is 3.20 bits per heavy atom. The monoisotopic (exact) mass is 225 g/mol. The second-order valence-corrected chi connectivity index (χ2v) is 3.87. The Hall–Kier alpha value is -1.13. The first-order valence-electron chi connectivity index (χ1n) is 4.84. The Balaban J connectivity index is 2.08. The minimum Gasteiger partial charge on any atom is -0.336 e. The lowest BCUT2D eigenvalue weighted by Gasteiger charge is -2.27. The highest BCUT2D eigenvalue weighted by Gasteiger charge is 2.18. The molecule has 1 N–H and O–H groups in total. The molecule has 4 nitrogen and oxygen atoms in total. The molecule has 1 amide bonds. The number of piperazine rings is 1. The Morgan fingerprint density at radius 2 is 2.47 bits per heavy atom. The second-order valence-electron chi connectivity index (χ2n) is 3.46. The summed E-state index contributed by atoms with van der Waals surface area (Å²) in [6, 6.07) is 1.84. The summed E-state index contributed by atoms with van der Waals surface area (Å²) in [4.78, 5) is 17.2. The number of rotatable bonds is 2. The average Bonchev–Trinajstić information content (AvgIpc) is 2.24. The summed E-state index contributed by atoms with van der Waals surface area (Å²) >= 11 is 5.98. The van der Waals surface area contributed by atoms with Crippen molar-refractivity contribution in [3.8, 4) is 0 Å². The molecule has 0 spiro atoms. The third-order valence-electron chi connectivity index (χ3n) is 2.41. The molecule has 1 aliphatic rings. The molecule has 0 aliphatic carbocycles. The van der Waals surface area contributed by atoms with Gasteiger partial charge >= 0.3 is 0 Å². The molecular formula is C10H12ClN3O. The summed E-state index contributed by atoms with van der Waals surface area (Å²) < 4.78 is 0. The highest BCUT2D eigenvalue weighted by Crippen LogP contribution is 2.15. The molecule has 0 aromatic carbocycles. The smallest absolute Gasteiger partial charge is 0.236 e. The summed E-state index contributed by atoms with van der Waals surface area (Å²) in [7, 11) is 0. The van der Waals surface area contributed by atoms with E-state index in [-0.39, 0.29) is 5.91 Å². The first-order chi connectivity index (χ1) is 7.27. The van der Waals surface area contributed by atoms with Crippen LogP contribution in [0.5, 0.6) is 0 Å². The van der Waals surface area contributed by atoms with Gasteiger partial charge in [-0.05, 0) is 11.6 Å². The van der Waals surface area contributed by atoms with E-state index >= 15 is 0 Å². The molecule has 0 atom stereocenters. The fourth-order valence-corrected chi connectivity index (χ4v) is 1.73. The highest BCUT2D eigenvalue weighted by molar-refractivity contribution is 6.31. The minimum atomic E-state index is 0.120. The van der Waals surface area contributed by atoms with Gasteiger partial charge in [-0.25, -0.2) is 0 Å². The molecule has 2 heterocycles. The van der Waals surface area contributed by atoms with Gasteiger partial charge in [0.25, 0.3) is 0 Å². The van der Waals surface area contributed by atoms with Crippen molar-refractivity contribution in [3.63, 3.8) is 0 Å². The maximum Gasteiger partial charge on any atom is 0.236 e. The number of nitrogens with one attached hydrogen (secondary N) is 1. The summed E-state index contributed by atoms with van der Waals surface area (Å²) in [5.74, 6) is 0.120. The minimum absolute atomic E-state index is 0.120. The number of pyridine rings is 1. The number of hydrogen-bond acceptors (Lipinski definition) is 3. The molecular weight excluding hydrogens is 214 g/mol. The third-order valence-corrected chi connectivity index (χ3v) is 2.75. The molecule has 1 saturated heterocycles. The van der Waals surface area contributed by atoms with E-state index in [4.69, 9.17) is 11.6 Å². The van der Waals surface area contributed by atoms with Crippen molar-refractivity contribution in [2.24, 2.45) is 0 Å². The normalized spacial score (nSPS) is 16.9.